The van der Waals surface area contributed by atoms with Crippen LogP contribution in [0.5, 0.6) is 0 Å². The van der Waals surface area contributed by atoms with Crippen molar-refractivity contribution in [2.24, 2.45) is 4.99 Å². The van der Waals surface area contributed by atoms with Gasteiger partial charge in [0.2, 0.25) is 0 Å². The number of hydrogen-bond acceptors (Lipinski definition) is 3. The van der Waals surface area contributed by atoms with Crippen LogP contribution in [0.4, 0.5) is 0 Å². The van der Waals surface area contributed by atoms with Gasteiger partial charge in [-0.15, -0.1) is 0 Å². The molecular formula is C14H12N2O2. The predicted octanol–water partition coefficient (Wildman–Crippen LogP) is 2.03. The Balaban J connectivity index is 1.77. The van der Waals surface area contributed by atoms with E-state index in [1.165, 1.54) is 4.90 Å². The van der Waals surface area contributed by atoms with Crippen molar-refractivity contribution >= 4 is 18.0 Å². The Morgan fingerprint density at radius 3 is 2.33 bits per heavy atom. The molecule has 1 aromatic carbocycles. The van der Waals surface area contributed by atoms with Gasteiger partial charge in [0.15, 0.2) is 0 Å². The van der Waals surface area contributed by atoms with Crippen molar-refractivity contribution in [3.8, 4) is 0 Å². The van der Waals surface area contributed by atoms with Gasteiger partial charge in [0.25, 0.3) is 11.8 Å². The normalized spacial score (nSPS) is 17.3. The molecule has 0 unspecified atom stereocenters. The molecule has 0 N–H and O–H groups in total. The van der Waals surface area contributed by atoms with Crippen LogP contribution in [-0.2, 0) is 0 Å². The third kappa shape index (κ3) is 1.66. The lowest BCUT2D eigenvalue weighted by Gasteiger charge is -2.12. The second-order valence-corrected chi connectivity index (χ2v) is 4.30. The van der Waals surface area contributed by atoms with Crippen LogP contribution in [0.3, 0.4) is 0 Å². The molecule has 0 bridgehead atoms. The average molecular weight is 240 g/mol. The van der Waals surface area contributed by atoms with E-state index >= 15 is 0 Å². The van der Waals surface area contributed by atoms with Gasteiger partial charge in [0.1, 0.15) is 0 Å². The predicted molar refractivity (Wildman–Crippen MR) is 67.6 cm³/mol. The number of imide groups is 1. The van der Waals surface area contributed by atoms with Crippen molar-refractivity contribution in [3.63, 3.8) is 0 Å². The van der Waals surface area contributed by atoms with E-state index in [1.807, 2.05) is 12.3 Å². The highest BCUT2D eigenvalue weighted by atomic mass is 16.2. The molecule has 0 aliphatic carbocycles. The first-order chi connectivity index (χ1) is 8.77. The molecule has 1 aromatic rings. The minimum absolute atomic E-state index is 0.196. The minimum Gasteiger partial charge on any atom is -0.274 e. The molecule has 0 saturated heterocycles. The standard InChI is InChI=1S/C14H12N2O2/c17-13-11-5-1-2-6-12(11)14(18)16(13)9-7-10-4-3-8-15-10/h1-2,4-6,8H,3,7,9H2. The Bertz CT molecular complexity index is 552. The lowest BCUT2D eigenvalue weighted by Crippen LogP contribution is -2.30. The smallest absolute Gasteiger partial charge is 0.261 e. The second-order valence-electron chi connectivity index (χ2n) is 4.30. The Kier molecular flexibility index (Phi) is 2.55. The Labute approximate surface area is 105 Å². The lowest BCUT2D eigenvalue weighted by molar-refractivity contribution is 0.0656. The van der Waals surface area contributed by atoms with E-state index in [1.54, 1.807) is 24.3 Å². The number of nitrogens with zero attached hydrogens (tertiary/aromatic N) is 2. The topological polar surface area (TPSA) is 49.7 Å². The zero-order chi connectivity index (χ0) is 12.5. The molecule has 4 nitrogen and oxygen atoms in total. The zero-order valence-electron chi connectivity index (χ0n) is 9.80. The third-order valence-corrected chi connectivity index (χ3v) is 3.19. The first kappa shape index (κ1) is 10.9. The molecular weight excluding hydrogens is 228 g/mol. The quantitative estimate of drug-likeness (QED) is 0.759. The van der Waals surface area contributed by atoms with E-state index in [9.17, 15) is 9.59 Å². The largest absolute Gasteiger partial charge is 0.274 e. The highest BCUT2D eigenvalue weighted by Crippen LogP contribution is 2.23. The van der Waals surface area contributed by atoms with Crippen molar-refractivity contribution < 1.29 is 9.59 Å². The van der Waals surface area contributed by atoms with Crippen molar-refractivity contribution in [3.05, 3.63) is 47.2 Å². The lowest BCUT2D eigenvalue weighted by atomic mass is 10.1. The molecule has 90 valence electrons. The summed E-state index contributed by atoms with van der Waals surface area (Å²) in [6, 6.07) is 6.94. The Morgan fingerprint density at radius 2 is 1.78 bits per heavy atom. The van der Waals surface area contributed by atoms with Crippen LogP contribution in [0.1, 0.15) is 33.6 Å². The number of hydrogen-bond donors (Lipinski definition) is 0. The van der Waals surface area contributed by atoms with Gasteiger partial charge in [-0.05, 0) is 12.1 Å². The SMILES string of the molecule is O=C1c2ccccc2C(=O)N1CCC1=CCC=N1. The van der Waals surface area contributed by atoms with Gasteiger partial charge in [0.05, 0.1) is 11.1 Å². The molecule has 18 heavy (non-hydrogen) atoms. The first-order valence-electron chi connectivity index (χ1n) is 5.94. The summed E-state index contributed by atoms with van der Waals surface area (Å²) < 4.78 is 0. The molecule has 0 atom stereocenters. The zero-order valence-corrected chi connectivity index (χ0v) is 9.80. The fourth-order valence-corrected chi connectivity index (χ4v) is 2.25. The molecule has 0 radical (unpaired) electrons. The van der Waals surface area contributed by atoms with Gasteiger partial charge in [0, 0.05) is 31.3 Å². The number of aliphatic imine (C=N–C) groups is 1. The summed E-state index contributed by atoms with van der Waals surface area (Å²) in [5, 5.41) is 0. The summed E-state index contributed by atoms with van der Waals surface area (Å²) >= 11 is 0. The number of fused-ring (bicyclic) bond motifs is 1. The highest BCUT2D eigenvalue weighted by molar-refractivity contribution is 6.21. The van der Waals surface area contributed by atoms with Gasteiger partial charge in [-0.1, -0.05) is 18.2 Å². The second kappa shape index (κ2) is 4.22. The maximum absolute atomic E-state index is 12.1. The van der Waals surface area contributed by atoms with Crippen molar-refractivity contribution in [2.45, 2.75) is 12.8 Å². The summed E-state index contributed by atoms with van der Waals surface area (Å²) in [6.07, 6.45) is 5.31. The summed E-state index contributed by atoms with van der Waals surface area (Å²) in [7, 11) is 0. The third-order valence-electron chi connectivity index (χ3n) is 3.19. The fraction of sp³-hybridized carbons (Fsp3) is 0.214. The molecule has 2 amide bonds. The van der Waals surface area contributed by atoms with Crippen LogP contribution < -0.4 is 0 Å². The van der Waals surface area contributed by atoms with Crippen molar-refractivity contribution in [1.29, 1.82) is 0 Å². The van der Waals surface area contributed by atoms with Crippen molar-refractivity contribution in [2.75, 3.05) is 6.54 Å². The van der Waals surface area contributed by atoms with Gasteiger partial charge in [-0.3, -0.25) is 19.5 Å². The molecule has 0 saturated carbocycles. The number of carbonyl (C=O) groups is 2. The van der Waals surface area contributed by atoms with Crippen LogP contribution in [-0.4, -0.2) is 29.5 Å². The van der Waals surface area contributed by atoms with Gasteiger partial charge in [-0.2, -0.15) is 0 Å². The summed E-state index contributed by atoms with van der Waals surface area (Å²) in [4.78, 5) is 29.6. The van der Waals surface area contributed by atoms with Crippen LogP contribution in [0.15, 0.2) is 41.0 Å². The van der Waals surface area contributed by atoms with Crippen LogP contribution in [0.25, 0.3) is 0 Å². The number of benzene rings is 1. The van der Waals surface area contributed by atoms with Gasteiger partial charge in [-0.25, -0.2) is 0 Å². The Hall–Kier alpha value is -2.23. The van der Waals surface area contributed by atoms with Gasteiger partial charge < -0.3 is 0 Å². The molecule has 0 aromatic heterocycles. The molecule has 3 rings (SSSR count). The van der Waals surface area contributed by atoms with Crippen LogP contribution in [0, 0.1) is 0 Å². The van der Waals surface area contributed by atoms with E-state index in [0.29, 0.717) is 24.1 Å². The van der Waals surface area contributed by atoms with E-state index in [2.05, 4.69) is 4.99 Å². The first-order valence-corrected chi connectivity index (χ1v) is 5.94. The molecule has 2 heterocycles. The molecule has 2 aliphatic heterocycles. The maximum Gasteiger partial charge on any atom is 0.261 e. The molecule has 0 fully saturated rings. The van der Waals surface area contributed by atoms with Crippen LogP contribution in [0.2, 0.25) is 0 Å². The van der Waals surface area contributed by atoms with E-state index < -0.39 is 0 Å². The molecule has 0 spiro atoms. The fourth-order valence-electron chi connectivity index (χ4n) is 2.25. The minimum atomic E-state index is -0.196. The summed E-state index contributed by atoms with van der Waals surface area (Å²) in [5.74, 6) is -0.392. The number of rotatable bonds is 3. The molecule has 2 aliphatic rings. The Morgan fingerprint density at radius 1 is 1.11 bits per heavy atom. The summed E-state index contributed by atoms with van der Waals surface area (Å²) in [5.41, 5.74) is 1.96. The van der Waals surface area contributed by atoms with Crippen molar-refractivity contribution in [1.82, 2.24) is 4.90 Å². The van der Waals surface area contributed by atoms with Gasteiger partial charge >= 0.3 is 0 Å². The average Bonchev–Trinajstić information content (AvgIpc) is 2.98. The number of carbonyl (C=O) groups excluding carboxylic acids is 2. The number of amides is 2. The van der Waals surface area contributed by atoms with E-state index in [0.717, 1.165) is 12.1 Å². The maximum atomic E-state index is 12.1. The highest BCUT2D eigenvalue weighted by Gasteiger charge is 2.34. The summed E-state index contributed by atoms with van der Waals surface area (Å²) in [6.45, 7) is 0.398. The molecule has 4 heteroatoms. The van der Waals surface area contributed by atoms with E-state index in [4.69, 9.17) is 0 Å². The number of allylic oxidation sites excluding steroid dienone is 1. The van der Waals surface area contributed by atoms with E-state index in [-0.39, 0.29) is 11.8 Å². The van der Waals surface area contributed by atoms with Crippen LogP contribution >= 0.6 is 0 Å². The monoisotopic (exact) mass is 240 g/mol.